The summed E-state index contributed by atoms with van der Waals surface area (Å²) >= 11 is 0. The van der Waals surface area contributed by atoms with Gasteiger partial charge in [-0.3, -0.25) is 4.79 Å². The minimum Gasteiger partial charge on any atom is -0.490 e. The lowest BCUT2D eigenvalue weighted by atomic mass is 9.98. The molecule has 1 rings (SSSR count). The Morgan fingerprint density at radius 2 is 1.86 bits per heavy atom. The van der Waals surface area contributed by atoms with Crippen LogP contribution in [0.2, 0.25) is 0 Å². The normalized spacial score (nSPS) is 14.1. The molecule has 0 heterocycles. The average Bonchev–Trinajstić information content (AvgIpc) is 2.67. The van der Waals surface area contributed by atoms with Gasteiger partial charge < -0.3 is 19.5 Å². The molecule has 0 fully saturated rings. The highest BCUT2D eigenvalue weighted by atomic mass is 16.5. The van der Waals surface area contributed by atoms with Crippen LogP contribution in [0, 0.1) is 0 Å². The third kappa shape index (κ3) is 6.82. The van der Waals surface area contributed by atoms with Gasteiger partial charge in [0.25, 0.3) is 5.91 Å². The second kappa shape index (κ2) is 11.7. The molecule has 28 heavy (non-hydrogen) atoms. The van der Waals surface area contributed by atoms with Crippen molar-refractivity contribution in [2.45, 2.75) is 78.9 Å². The fourth-order valence-electron chi connectivity index (χ4n) is 2.70. The Kier molecular flexibility index (Phi) is 10.0. The lowest BCUT2D eigenvalue weighted by molar-refractivity contribution is -0.140. The summed E-state index contributed by atoms with van der Waals surface area (Å²) in [5, 5.41) is 2.88. The van der Waals surface area contributed by atoms with Crippen LogP contribution in [0.5, 0.6) is 5.75 Å². The minimum atomic E-state index is -0.916. The van der Waals surface area contributed by atoms with Crippen molar-refractivity contribution >= 4 is 17.6 Å². The van der Waals surface area contributed by atoms with Crippen molar-refractivity contribution in [2.24, 2.45) is 0 Å². The molecule has 0 aliphatic carbocycles. The molecule has 0 bridgehead atoms. The Labute approximate surface area is 168 Å². The number of amides is 1. The maximum atomic E-state index is 12.9. The summed E-state index contributed by atoms with van der Waals surface area (Å²) in [7, 11) is 0. The van der Waals surface area contributed by atoms with Gasteiger partial charge in [-0.1, -0.05) is 27.2 Å². The van der Waals surface area contributed by atoms with E-state index in [4.69, 9.17) is 14.2 Å². The Morgan fingerprint density at radius 1 is 1.14 bits per heavy atom. The van der Waals surface area contributed by atoms with Gasteiger partial charge in [-0.15, -0.1) is 0 Å². The van der Waals surface area contributed by atoms with Crippen LogP contribution in [-0.4, -0.2) is 36.8 Å². The molecule has 0 saturated heterocycles. The van der Waals surface area contributed by atoms with E-state index in [0.717, 1.165) is 19.3 Å². The van der Waals surface area contributed by atoms with Gasteiger partial charge in [0.15, 0.2) is 0 Å². The van der Waals surface area contributed by atoms with Crippen LogP contribution in [0.1, 0.15) is 77.6 Å². The van der Waals surface area contributed by atoms with E-state index in [1.807, 2.05) is 27.7 Å². The zero-order chi connectivity index (χ0) is 21.2. The van der Waals surface area contributed by atoms with Crippen molar-refractivity contribution in [3.8, 4) is 5.75 Å². The fraction of sp³-hybridized carbons (Fsp3) is 0.636. The highest BCUT2D eigenvalue weighted by Gasteiger charge is 2.33. The highest BCUT2D eigenvalue weighted by Crippen LogP contribution is 2.27. The van der Waals surface area contributed by atoms with Crippen LogP contribution in [-0.2, 0) is 14.3 Å². The first kappa shape index (κ1) is 24.0. The topological polar surface area (TPSA) is 73.9 Å². The molecule has 6 heteroatoms. The van der Waals surface area contributed by atoms with Gasteiger partial charge in [0.1, 0.15) is 16.9 Å². The lowest BCUT2D eigenvalue weighted by Crippen LogP contribution is -2.43. The largest absolute Gasteiger partial charge is 0.490 e. The molecule has 1 aromatic carbocycles. The van der Waals surface area contributed by atoms with Crippen molar-refractivity contribution in [1.29, 1.82) is 0 Å². The molecule has 0 radical (unpaired) electrons. The molecule has 2 unspecified atom stereocenters. The quantitative estimate of drug-likeness (QED) is 0.508. The number of anilines is 1. The summed E-state index contributed by atoms with van der Waals surface area (Å²) in [5.41, 5.74) is -0.112. The third-order valence-electron chi connectivity index (χ3n) is 4.47. The van der Waals surface area contributed by atoms with E-state index in [1.54, 1.807) is 32.0 Å². The van der Waals surface area contributed by atoms with E-state index >= 15 is 0 Å². The fourth-order valence-corrected chi connectivity index (χ4v) is 2.70. The molecule has 2 atom stereocenters. The number of nitrogens with one attached hydrogen (secondary N) is 1. The number of benzene rings is 1. The monoisotopic (exact) mass is 393 g/mol. The zero-order valence-electron chi connectivity index (χ0n) is 18.1. The predicted molar refractivity (Wildman–Crippen MR) is 111 cm³/mol. The summed E-state index contributed by atoms with van der Waals surface area (Å²) in [6.45, 7) is 12.3. The van der Waals surface area contributed by atoms with Gasteiger partial charge in [0.2, 0.25) is 0 Å². The molecule has 0 aliphatic rings. The number of carbonyl (C=O) groups is 2. The Hall–Kier alpha value is -2.08. The summed E-state index contributed by atoms with van der Waals surface area (Å²) in [4.78, 5) is 25.2. The molecular weight excluding hydrogens is 358 g/mol. The zero-order valence-corrected chi connectivity index (χ0v) is 18.1. The second-order valence-corrected chi connectivity index (χ2v) is 7.05. The van der Waals surface area contributed by atoms with E-state index in [1.165, 1.54) is 0 Å². The number of ether oxygens (including phenoxy) is 3. The SMILES string of the molecule is CCCOC(C)(CCC)C(=O)Nc1ccc(OC(C)CC)c(C(=O)OCC)c1. The van der Waals surface area contributed by atoms with Gasteiger partial charge in [0, 0.05) is 12.3 Å². The molecule has 1 aromatic rings. The van der Waals surface area contributed by atoms with Crippen molar-refractivity contribution in [3.05, 3.63) is 23.8 Å². The second-order valence-electron chi connectivity index (χ2n) is 7.05. The van der Waals surface area contributed by atoms with E-state index in [-0.39, 0.29) is 18.6 Å². The molecule has 0 spiro atoms. The number of rotatable bonds is 12. The smallest absolute Gasteiger partial charge is 0.341 e. The molecule has 0 saturated carbocycles. The minimum absolute atomic E-state index is 0.0380. The third-order valence-corrected chi connectivity index (χ3v) is 4.47. The van der Waals surface area contributed by atoms with Crippen LogP contribution in [0.25, 0.3) is 0 Å². The number of carbonyl (C=O) groups excluding carboxylic acids is 2. The van der Waals surface area contributed by atoms with Crippen LogP contribution in [0.3, 0.4) is 0 Å². The van der Waals surface area contributed by atoms with Crippen molar-refractivity contribution < 1.29 is 23.8 Å². The van der Waals surface area contributed by atoms with Gasteiger partial charge in [-0.25, -0.2) is 4.79 Å². The molecule has 0 aliphatic heterocycles. The number of hydrogen-bond donors (Lipinski definition) is 1. The van der Waals surface area contributed by atoms with Gasteiger partial charge in [-0.2, -0.15) is 0 Å². The van der Waals surface area contributed by atoms with Crippen molar-refractivity contribution in [1.82, 2.24) is 0 Å². The molecule has 1 amide bonds. The Balaban J connectivity index is 3.11. The summed E-state index contributed by atoms with van der Waals surface area (Å²) in [6, 6.07) is 5.02. The van der Waals surface area contributed by atoms with E-state index in [9.17, 15) is 9.59 Å². The van der Waals surface area contributed by atoms with Gasteiger partial charge in [0.05, 0.1) is 12.7 Å². The standard InChI is InChI=1S/C22H35NO5/c1-7-13-22(6,27-14-8-2)21(25)23-17-11-12-19(28-16(5)9-3)18(15-17)20(24)26-10-4/h11-12,15-16H,7-10,13-14H2,1-6H3,(H,23,25). The lowest BCUT2D eigenvalue weighted by Gasteiger charge is -2.28. The van der Waals surface area contributed by atoms with E-state index in [0.29, 0.717) is 30.0 Å². The van der Waals surface area contributed by atoms with Crippen LogP contribution in [0.4, 0.5) is 5.69 Å². The maximum Gasteiger partial charge on any atom is 0.341 e. The first-order valence-corrected chi connectivity index (χ1v) is 10.2. The molecule has 0 aromatic heterocycles. The van der Waals surface area contributed by atoms with Crippen molar-refractivity contribution in [3.63, 3.8) is 0 Å². The van der Waals surface area contributed by atoms with Crippen LogP contribution in [0.15, 0.2) is 18.2 Å². The Morgan fingerprint density at radius 3 is 2.43 bits per heavy atom. The summed E-state index contributed by atoms with van der Waals surface area (Å²) < 4.78 is 16.8. The predicted octanol–water partition coefficient (Wildman–Crippen LogP) is 4.96. The number of esters is 1. The van der Waals surface area contributed by atoms with E-state index in [2.05, 4.69) is 5.32 Å². The van der Waals surface area contributed by atoms with Crippen LogP contribution >= 0.6 is 0 Å². The molecule has 1 N–H and O–H groups in total. The summed E-state index contributed by atoms with van der Waals surface area (Å²) in [6.07, 6.45) is 3.04. The van der Waals surface area contributed by atoms with Crippen molar-refractivity contribution in [2.75, 3.05) is 18.5 Å². The first-order valence-electron chi connectivity index (χ1n) is 10.2. The molecule has 6 nitrogen and oxygen atoms in total. The van der Waals surface area contributed by atoms with E-state index < -0.39 is 11.6 Å². The first-order chi connectivity index (χ1) is 13.3. The average molecular weight is 394 g/mol. The van der Waals surface area contributed by atoms with Gasteiger partial charge in [-0.05, 0) is 58.2 Å². The van der Waals surface area contributed by atoms with Gasteiger partial charge >= 0.3 is 5.97 Å². The highest BCUT2D eigenvalue weighted by molar-refractivity contribution is 5.99. The van der Waals surface area contributed by atoms with Crippen LogP contribution < -0.4 is 10.1 Å². The molecule has 158 valence electrons. The number of hydrogen-bond acceptors (Lipinski definition) is 5. The molecular formula is C22H35NO5. The maximum absolute atomic E-state index is 12.9. The Bertz CT molecular complexity index is 646. The summed E-state index contributed by atoms with van der Waals surface area (Å²) in [5.74, 6) is -0.256.